The van der Waals surface area contributed by atoms with Gasteiger partial charge < -0.3 is 50.5 Å². The van der Waals surface area contributed by atoms with E-state index in [-0.39, 0.29) is 6.42 Å². The average Bonchev–Trinajstić information content (AvgIpc) is 3.40. The zero-order valence-electron chi connectivity index (χ0n) is 48.4. The minimum absolute atomic E-state index is 0.264. The molecule has 11 nitrogen and oxygen atoms in total. The highest BCUT2D eigenvalue weighted by Gasteiger charge is 2.44. The molecule has 11 heteroatoms. The highest BCUT2D eigenvalue weighted by molar-refractivity contribution is 5.80. The van der Waals surface area contributed by atoms with E-state index in [1.54, 1.807) is 0 Å². The number of carbonyl (C=O) groups is 1. The number of amides is 1. The Morgan fingerprint density at radius 1 is 0.459 bits per heavy atom. The van der Waals surface area contributed by atoms with Gasteiger partial charge in [-0.25, -0.2) is 0 Å². The number of hydrogen-bond acceptors (Lipinski definition) is 10. The van der Waals surface area contributed by atoms with Crippen molar-refractivity contribution in [3.63, 3.8) is 0 Å². The van der Waals surface area contributed by atoms with Crippen LogP contribution in [0.2, 0.25) is 0 Å². The first kappa shape index (κ1) is 70.9. The van der Waals surface area contributed by atoms with Crippen molar-refractivity contribution in [1.82, 2.24) is 5.32 Å². The third-order valence-corrected chi connectivity index (χ3v) is 15.8. The fourth-order valence-corrected chi connectivity index (χ4v) is 10.6. The van der Waals surface area contributed by atoms with E-state index in [4.69, 9.17) is 9.47 Å². The second-order valence-electron chi connectivity index (χ2n) is 22.8. The van der Waals surface area contributed by atoms with Crippen LogP contribution >= 0.6 is 0 Å². The van der Waals surface area contributed by atoms with Crippen molar-refractivity contribution in [1.29, 1.82) is 0 Å². The SMILES string of the molecule is CCCCCCCCCCCCCC/C=C\CCCCCCCCCCCCCCCC(O)C(=O)NC(COC1OC(CO)C(O)C(O)C1O)C(O)C(O)CCCCCCCCCCCCCCCCCCCC. The Morgan fingerprint density at radius 3 is 1.14 bits per heavy atom. The third-order valence-electron chi connectivity index (χ3n) is 15.8. The summed E-state index contributed by atoms with van der Waals surface area (Å²) in [6, 6.07) is -1.17. The number of rotatable bonds is 56. The lowest BCUT2D eigenvalue weighted by Crippen LogP contribution is -2.60. The fraction of sp³-hybridized carbons (Fsp3) is 0.952. The Labute approximate surface area is 455 Å². The molecule has 8 N–H and O–H groups in total. The van der Waals surface area contributed by atoms with Gasteiger partial charge >= 0.3 is 0 Å². The minimum Gasteiger partial charge on any atom is -0.394 e. The summed E-state index contributed by atoms with van der Waals surface area (Å²) in [7, 11) is 0. The molecule has 1 amide bonds. The zero-order chi connectivity index (χ0) is 54.0. The molecule has 74 heavy (non-hydrogen) atoms. The lowest BCUT2D eigenvalue weighted by molar-refractivity contribution is -0.303. The van der Waals surface area contributed by atoms with Gasteiger partial charge in [0.05, 0.1) is 25.4 Å². The van der Waals surface area contributed by atoms with Gasteiger partial charge in [-0.05, 0) is 38.5 Å². The maximum atomic E-state index is 13.2. The summed E-state index contributed by atoms with van der Waals surface area (Å²) >= 11 is 0. The van der Waals surface area contributed by atoms with Crippen molar-refractivity contribution >= 4 is 5.91 Å². The molecule has 1 aliphatic heterocycles. The summed E-state index contributed by atoms with van der Waals surface area (Å²) in [5, 5.41) is 76.3. The van der Waals surface area contributed by atoms with Gasteiger partial charge in [-0.1, -0.05) is 289 Å². The van der Waals surface area contributed by atoms with Crippen molar-refractivity contribution in [3.05, 3.63) is 12.2 Å². The van der Waals surface area contributed by atoms with Crippen LogP contribution in [0.1, 0.15) is 316 Å². The first-order chi connectivity index (χ1) is 36.2. The zero-order valence-corrected chi connectivity index (χ0v) is 48.4. The molecule has 1 saturated heterocycles. The van der Waals surface area contributed by atoms with Crippen LogP contribution < -0.4 is 5.32 Å². The van der Waals surface area contributed by atoms with Crippen molar-refractivity contribution in [3.8, 4) is 0 Å². The van der Waals surface area contributed by atoms with Gasteiger partial charge in [0.25, 0.3) is 0 Å². The van der Waals surface area contributed by atoms with E-state index in [1.165, 1.54) is 238 Å². The van der Waals surface area contributed by atoms with Crippen molar-refractivity contribution < 1.29 is 50.0 Å². The van der Waals surface area contributed by atoms with Crippen LogP contribution in [0.4, 0.5) is 0 Å². The molecule has 1 heterocycles. The Hall–Kier alpha value is -1.15. The monoisotopic (exact) mass is 1050 g/mol. The highest BCUT2D eigenvalue weighted by Crippen LogP contribution is 2.24. The van der Waals surface area contributed by atoms with Crippen LogP contribution in [-0.2, 0) is 14.3 Å². The second-order valence-corrected chi connectivity index (χ2v) is 22.8. The van der Waals surface area contributed by atoms with Crippen LogP contribution in [-0.4, -0.2) is 110 Å². The summed E-state index contributed by atoms with van der Waals surface area (Å²) in [6.45, 7) is 3.50. The van der Waals surface area contributed by atoms with Crippen LogP contribution in [0.5, 0.6) is 0 Å². The molecular formula is C63H123NO10. The molecule has 0 saturated carbocycles. The molecule has 0 aliphatic carbocycles. The van der Waals surface area contributed by atoms with Gasteiger partial charge in [-0.3, -0.25) is 4.79 Å². The number of aliphatic hydroxyl groups excluding tert-OH is 7. The smallest absolute Gasteiger partial charge is 0.249 e. The third kappa shape index (κ3) is 40.1. The number of ether oxygens (including phenoxy) is 2. The van der Waals surface area contributed by atoms with Crippen molar-refractivity contribution in [2.75, 3.05) is 13.2 Å². The second kappa shape index (κ2) is 52.5. The molecule has 0 aromatic carbocycles. The first-order valence-corrected chi connectivity index (χ1v) is 32.1. The molecule has 0 radical (unpaired) electrons. The minimum atomic E-state index is -1.66. The Balaban J connectivity index is 2.22. The molecule has 1 fully saturated rings. The number of allylic oxidation sites excluding steroid dienone is 2. The molecule has 1 aliphatic rings. The molecule has 440 valence electrons. The van der Waals surface area contributed by atoms with Crippen LogP contribution in [0.15, 0.2) is 12.2 Å². The largest absolute Gasteiger partial charge is 0.394 e. The van der Waals surface area contributed by atoms with Crippen LogP contribution in [0, 0.1) is 0 Å². The lowest BCUT2D eigenvalue weighted by atomic mass is 9.98. The average molecular weight is 1050 g/mol. The maximum absolute atomic E-state index is 13.2. The topological polar surface area (TPSA) is 189 Å². The summed E-state index contributed by atoms with van der Waals surface area (Å²) in [4.78, 5) is 13.2. The fourth-order valence-electron chi connectivity index (χ4n) is 10.6. The molecule has 9 atom stereocenters. The van der Waals surface area contributed by atoms with E-state index >= 15 is 0 Å². The van der Waals surface area contributed by atoms with Gasteiger partial charge in [0.15, 0.2) is 6.29 Å². The van der Waals surface area contributed by atoms with E-state index in [1.807, 2.05) is 0 Å². The van der Waals surface area contributed by atoms with Gasteiger partial charge in [0.2, 0.25) is 5.91 Å². The normalized spacial score (nSPS) is 19.8. The van der Waals surface area contributed by atoms with Crippen LogP contribution in [0.25, 0.3) is 0 Å². The molecule has 0 bridgehead atoms. The van der Waals surface area contributed by atoms with Gasteiger partial charge in [0.1, 0.15) is 36.6 Å². The van der Waals surface area contributed by atoms with E-state index in [2.05, 4.69) is 31.3 Å². The Bertz CT molecular complexity index is 1210. The summed E-state index contributed by atoms with van der Waals surface area (Å²) in [5.74, 6) is -0.691. The van der Waals surface area contributed by atoms with Crippen molar-refractivity contribution in [2.24, 2.45) is 0 Å². The lowest BCUT2D eigenvalue weighted by Gasteiger charge is -2.40. The van der Waals surface area contributed by atoms with Gasteiger partial charge in [-0.2, -0.15) is 0 Å². The summed E-state index contributed by atoms with van der Waals surface area (Å²) in [5.41, 5.74) is 0. The van der Waals surface area contributed by atoms with Crippen LogP contribution in [0.3, 0.4) is 0 Å². The Morgan fingerprint density at radius 2 is 0.784 bits per heavy atom. The van der Waals surface area contributed by atoms with E-state index < -0.39 is 74.2 Å². The number of nitrogens with one attached hydrogen (secondary N) is 1. The quantitative estimate of drug-likeness (QED) is 0.0215. The van der Waals surface area contributed by atoms with E-state index in [0.717, 1.165) is 38.5 Å². The number of unbranched alkanes of at least 4 members (excludes halogenated alkanes) is 42. The predicted molar refractivity (Wildman–Crippen MR) is 307 cm³/mol. The molecule has 0 aromatic rings. The summed E-state index contributed by atoms with van der Waals surface area (Å²) in [6.07, 6.45) is 51.3. The Kier molecular flexibility index (Phi) is 50.3. The number of carbonyl (C=O) groups excluding carboxylic acids is 1. The molecular weight excluding hydrogens is 931 g/mol. The first-order valence-electron chi connectivity index (χ1n) is 32.1. The summed E-state index contributed by atoms with van der Waals surface area (Å²) < 4.78 is 11.2. The maximum Gasteiger partial charge on any atom is 0.249 e. The molecule has 0 spiro atoms. The molecule has 9 unspecified atom stereocenters. The van der Waals surface area contributed by atoms with E-state index in [9.17, 15) is 40.5 Å². The van der Waals surface area contributed by atoms with E-state index in [0.29, 0.717) is 19.3 Å². The molecule has 1 rings (SSSR count). The van der Waals surface area contributed by atoms with Crippen molar-refractivity contribution in [2.45, 2.75) is 371 Å². The van der Waals surface area contributed by atoms with Gasteiger partial charge in [-0.15, -0.1) is 0 Å². The highest BCUT2D eigenvalue weighted by atomic mass is 16.7. The number of hydrogen-bond donors (Lipinski definition) is 8. The predicted octanol–water partition coefficient (Wildman–Crippen LogP) is 14.3. The standard InChI is InChI=1S/C63H123NO10/c1-3-5-7-9-11-13-15-17-19-21-23-24-25-26-27-28-29-30-31-32-33-35-37-39-41-43-45-47-49-51-56(67)62(72)64-54(53-73-63-61(71)60(70)59(69)57(52-65)74-63)58(68)55(66)50-48-46-44-42-40-38-36-34-22-20-18-16-14-12-10-8-6-4-2/h26-27,54-61,63,65-71H,3-25,28-53H2,1-2H3,(H,64,72)/b27-26-. The van der Waals surface area contributed by atoms with Gasteiger partial charge in [0, 0.05) is 0 Å². The molecule has 0 aromatic heterocycles. The number of aliphatic hydroxyl groups is 7.